The summed E-state index contributed by atoms with van der Waals surface area (Å²) in [5.74, 6) is -2.76. The summed E-state index contributed by atoms with van der Waals surface area (Å²) in [5.41, 5.74) is 6.54. The van der Waals surface area contributed by atoms with Crippen LogP contribution >= 0.6 is 0 Å². The predicted octanol–water partition coefficient (Wildman–Crippen LogP) is 0.400. The largest absolute Gasteiger partial charge is 0.478 e. The second-order valence-corrected chi connectivity index (χ2v) is 6.56. The lowest BCUT2D eigenvalue weighted by atomic mass is 10.1. The Morgan fingerprint density at radius 2 is 1.90 bits per heavy atom. The van der Waals surface area contributed by atoms with E-state index in [1.54, 1.807) is 6.07 Å². The van der Waals surface area contributed by atoms with E-state index in [9.17, 15) is 19.5 Å². The molecule has 2 atom stereocenters. The monoisotopic (exact) mass is 412 g/mol. The summed E-state index contributed by atoms with van der Waals surface area (Å²) < 4.78 is 5.33. The number of amidine groups is 1. The topological polar surface area (TPSA) is 166 Å². The lowest BCUT2D eigenvalue weighted by Gasteiger charge is -2.34. The average molecular weight is 412 g/mol. The number of benzene rings is 2. The van der Waals surface area contributed by atoms with Crippen molar-refractivity contribution in [3.63, 3.8) is 0 Å². The number of nitrogens with zero attached hydrogens (tertiary/aromatic N) is 1. The minimum Gasteiger partial charge on any atom is -0.478 e. The molecular weight excluding hydrogens is 392 g/mol. The van der Waals surface area contributed by atoms with Gasteiger partial charge in [0, 0.05) is 23.5 Å². The van der Waals surface area contributed by atoms with Crippen LogP contribution in [0.3, 0.4) is 0 Å². The molecule has 1 heterocycles. The van der Waals surface area contributed by atoms with Crippen LogP contribution in [-0.4, -0.2) is 59.2 Å². The smallest absolute Gasteiger partial charge is 0.335 e. The van der Waals surface area contributed by atoms with Crippen LogP contribution in [0.15, 0.2) is 48.5 Å². The maximum absolute atomic E-state index is 12.8. The van der Waals surface area contributed by atoms with Gasteiger partial charge in [0.2, 0.25) is 0 Å². The molecule has 1 aliphatic rings. The van der Waals surface area contributed by atoms with Crippen molar-refractivity contribution < 1.29 is 29.3 Å². The number of aromatic carboxylic acids is 1. The molecule has 10 heteroatoms. The van der Waals surface area contributed by atoms with Crippen LogP contribution in [0.2, 0.25) is 0 Å². The van der Waals surface area contributed by atoms with E-state index >= 15 is 0 Å². The Labute approximate surface area is 171 Å². The van der Waals surface area contributed by atoms with Crippen LogP contribution < -0.4 is 16.0 Å². The Balaban J connectivity index is 1.72. The van der Waals surface area contributed by atoms with E-state index in [2.05, 4.69) is 5.32 Å². The highest BCUT2D eigenvalue weighted by molar-refractivity contribution is 6.04. The van der Waals surface area contributed by atoms with Crippen molar-refractivity contribution in [1.82, 2.24) is 0 Å². The number of amides is 2. The van der Waals surface area contributed by atoms with Crippen molar-refractivity contribution in [3.05, 3.63) is 59.7 Å². The quantitative estimate of drug-likeness (QED) is 0.338. The number of aliphatic hydroxyl groups excluding tert-OH is 1. The highest BCUT2D eigenvalue weighted by Gasteiger charge is 2.39. The van der Waals surface area contributed by atoms with Crippen LogP contribution in [0.4, 0.5) is 11.4 Å². The molecule has 1 saturated heterocycles. The summed E-state index contributed by atoms with van der Waals surface area (Å²) in [6.07, 6.45) is -3.22. The van der Waals surface area contributed by atoms with Gasteiger partial charge in [-0.1, -0.05) is 6.07 Å². The zero-order chi connectivity index (χ0) is 21.8. The number of ether oxygens (including phenoxy) is 1. The number of carbonyl (C=O) groups is 3. The van der Waals surface area contributed by atoms with Gasteiger partial charge in [-0.15, -0.1) is 0 Å². The van der Waals surface area contributed by atoms with E-state index in [1.807, 2.05) is 0 Å². The normalized spacial score (nSPS) is 17.3. The molecule has 0 aliphatic carbocycles. The summed E-state index contributed by atoms with van der Waals surface area (Å²) >= 11 is 0. The van der Waals surface area contributed by atoms with E-state index in [0.29, 0.717) is 16.9 Å². The average Bonchev–Trinajstić information content (AvgIpc) is 2.73. The highest BCUT2D eigenvalue weighted by atomic mass is 16.5. The van der Waals surface area contributed by atoms with Gasteiger partial charge in [-0.3, -0.25) is 15.0 Å². The van der Waals surface area contributed by atoms with Gasteiger partial charge in [0.1, 0.15) is 5.84 Å². The number of anilines is 2. The highest BCUT2D eigenvalue weighted by Crippen LogP contribution is 2.22. The van der Waals surface area contributed by atoms with E-state index in [-0.39, 0.29) is 24.6 Å². The zero-order valence-electron chi connectivity index (χ0n) is 15.7. The van der Waals surface area contributed by atoms with Gasteiger partial charge in [-0.25, -0.2) is 4.79 Å². The third-order valence-electron chi connectivity index (χ3n) is 4.55. The molecule has 10 nitrogen and oxygen atoms in total. The Hall–Kier alpha value is -3.76. The van der Waals surface area contributed by atoms with E-state index in [4.69, 9.17) is 21.0 Å². The molecule has 1 aliphatic heterocycles. The summed E-state index contributed by atoms with van der Waals surface area (Å²) in [6.45, 7) is 0.213. The molecule has 2 aromatic carbocycles. The number of nitrogens with two attached hydrogens (primary N) is 1. The standard InChI is InChI=1S/C20H20N4O6/c21-17(22)11-4-6-13(7-5-11)23-18(26)15(25)16-19(27)24(8-9-30-16)14-3-1-2-12(10-14)20(28)29/h1-7,10,15-16,25H,8-9H2,(H3,21,22)(H,23,26)(H,28,29)/t15?,16-/m1/s1. The van der Waals surface area contributed by atoms with E-state index in [0.717, 1.165) is 0 Å². The second-order valence-electron chi connectivity index (χ2n) is 6.56. The van der Waals surface area contributed by atoms with Crippen LogP contribution in [0.25, 0.3) is 0 Å². The number of carboxylic acid groups (broad SMARTS) is 1. The minimum absolute atomic E-state index is 0.00985. The molecule has 3 rings (SSSR count). The number of morpholine rings is 1. The first kappa shape index (κ1) is 21.0. The first-order valence-corrected chi connectivity index (χ1v) is 8.97. The number of nitrogen functional groups attached to an aromatic ring is 1. The molecule has 6 N–H and O–H groups in total. The molecule has 0 radical (unpaired) electrons. The third-order valence-corrected chi connectivity index (χ3v) is 4.55. The molecule has 0 aromatic heterocycles. The van der Waals surface area contributed by atoms with Gasteiger partial charge >= 0.3 is 5.97 Å². The number of carboxylic acids is 1. The zero-order valence-corrected chi connectivity index (χ0v) is 15.7. The summed E-state index contributed by atoms with van der Waals surface area (Å²) in [4.78, 5) is 37.7. The Morgan fingerprint density at radius 3 is 2.53 bits per heavy atom. The number of carbonyl (C=O) groups excluding carboxylic acids is 2. The maximum atomic E-state index is 12.8. The van der Waals surface area contributed by atoms with Crippen LogP contribution in [0.5, 0.6) is 0 Å². The van der Waals surface area contributed by atoms with E-state index in [1.165, 1.54) is 47.4 Å². The van der Waals surface area contributed by atoms with Crippen molar-refractivity contribution in [2.45, 2.75) is 12.2 Å². The fourth-order valence-electron chi connectivity index (χ4n) is 2.98. The van der Waals surface area contributed by atoms with Gasteiger partial charge in [0.25, 0.3) is 11.8 Å². The molecule has 0 saturated carbocycles. The second kappa shape index (κ2) is 8.72. The fraction of sp³-hybridized carbons (Fsp3) is 0.200. The first-order valence-electron chi connectivity index (χ1n) is 8.97. The molecule has 0 spiro atoms. The lowest BCUT2D eigenvalue weighted by Crippen LogP contribution is -2.55. The van der Waals surface area contributed by atoms with Gasteiger partial charge in [-0.05, 0) is 42.5 Å². The first-order chi connectivity index (χ1) is 14.3. The van der Waals surface area contributed by atoms with E-state index < -0.39 is 30.0 Å². The van der Waals surface area contributed by atoms with Crippen molar-refractivity contribution >= 4 is 35.0 Å². The SMILES string of the molecule is N=C(N)c1ccc(NC(=O)C(O)[C@H]2OCCN(c3cccc(C(=O)O)c3)C2=O)cc1. The number of nitrogens with one attached hydrogen (secondary N) is 2. The van der Waals surface area contributed by atoms with Crippen LogP contribution in [0.1, 0.15) is 15.9 Å². The summed E-state index contributed by atoms with van der Waals surface area (Å²) in [7, 11) is 0. The minimum atomic E-state index is -1.78. The van der Waals surface area contributed by atoms with Gasteiger partial charge < -0.3 is 30.9 Å². The number of hydrogen-bond donors (Lipinski definition) is 5. The summed E-state index contributed by atoms with van der Waals surface area (Å²) in [6, 6.07) is 11.9. The molecule has 1 unspecified atom stereocenters. The molecule has 30 heavy (non-hydrogen) atoms. The molecular formula is C20H20N4O6. The Morgan fingerprint density at radius 1 is 1.20 bits per heavy atom. The van der Waals surface area contributed by atoms with Crippen molar-refractivity contribution in [2.75, 3.05) is 23.4 Å². The van der Waals surface area contributed by atoms with Crippen molar-refractivity contribution in [1.29, 1.82) is 5.41 Å². The Kier molecular flexibility index (Phi) is 6.09. The summed E-state index contributed by atoms with van der Waals surface area (Å²) in [5, 5.41) is 29.4. The predicted molar refractivity (Wildman–Crippen MR) is 108 cm³/mol. The molecule has 2 amide bonds. The lowest BCUT2D eigenvalue weighted by molar-refractivity contribution is -0.150. The molecule has 1 fully saturated rings. The molecule has 0 bridgehead atoms. The van der Waals surface area contributed by atoms with Crippen LogP contribution in [0, 0.1) is 5.41 Å². The molecule has 2 aromatic rings. The van der Waals surface area contributed by atoms with Gasteiger partial charge in [0.15, 0.2) is 12.2 Å². The van der Waals surface area contributed by atoms with Gasteiger partial charge in [0.05, 0.1) is 12.2 Å². The van der Waals surface area contributed by atoms with Crippen molar-refractivity contribution in [3.8, 4) is 0 Å². The Bertz CT molecular complexity index is 991. The number of aliphatic hydroxyl groups is 1. The molecule has 156 valence electrons. The van der Waals surface area contributed by atoms with Gasteiger partial charge in [-0.2, -0.15) is 0 Å². The van der Waals surface area contributed by atoms with Crippen molar-refractivity contribution in [2.24, 2.45) is 5.73 Å². The third kappa shape index (κ3) is 4.45. The number of hydrogen-bond acceptors (Lipinski definition) is 6. The van der Waals surface area contributed by atoms with Crippen LogP contribution in [-0.2, 0) is 14.3 Å². The number of rotatable bonds is 6. The maximum Gasteiger partial charge on any atom is 0.335 e. The fourth-order valence-corrected chi connectivity index (χ4v) is 2.98.